The van der Waals surface area contributed by atoms with Gasteiger partial charge in [0, 0.05) is 29.2 Å². The molecule has 0 bridgehead atoms. The Morgan fingerprint density at radius 1 is 1.20 bits per heavy atom. The van der Waals surface area contributed by atoms with Crippen LogP contribution in [-0.2, 0) is 20.9 Å². The highest BCUT2D eigenvalue weighted by molar-refractivity contribution is 6.31. The molecule has 0 radical (unpaired) electrons. The first-order valence-electron chi connectivity index (χ1n) is 8.23. The summed E-state index contributed by atoms with van der Waals surface area (Å²) in [4.78, 5) is 26.3. The molecule has 0 aliphatic carbocycles. The molecule has 1 aliphatic rings. The van der Waals surface area contributed by atoms with Gasteiger partial charge in [-0.3, -0.25) is 9.59 Å². The number of amides is 1. The van der Waals surface area contributed by atoms with Gasteiger partial charge in [-0.25, -0.2) is 0 Å². The topological polar surface area (TPSA) is 46.6 Å². The van der Waals surface area contributed by atoms with Crippen LogP contribution in [0.2, 0.25) is 5.02 Å². The fourth-order valence-corrected chi connectivity index (χ4v) is 3.29. The summed E-state index contributed by atoms with van der Waals surface area (Å²) in [5.74, 6) is -0.861. The summed E-state index contributed by atoms with van der Waals surface area (Å²) in [5.41, 5.74) is 3.78. The number of carbonyl (C=O) groups excluding carboxylic acids is 2. The van der Waals surface area contributed by atoms with Crippen LogP contribution in [0.15, 0.2) is 42.5 Å². The third kappa shape index (κ3) is 4.02. The van der Waals surface area contributed by atoms with E-state index in [-0.39, 0.29) is 24.9 Å². The molecule has 3 rings (SSSR count). The zero-order chi connectivity index (χ0) is 18.0. The monoisotopic (exact) mass is 357 g/mol. The number of hydrogen-bond donors (Lipinski definition) is 0. The summed E-state index contributed by atoms with van der Waals surface area (Å²) in [7, 11) is 0. The standard InChI is InChI=1S/C20H20ClNO3/c1-13-7-14(2)9-17(8-13)22-11-16(10-19(22)23)20(24)25-12-15-5-3-4-6-18(15)21/h3-9,16H,10-12H2,1-2H3/t16-/m0/s1. The summed E-state index contributed by atoms with van der Waals surface area (Å²) in [5, 5.41) is 0.565. The van der Waals surface area contributed by atoms with E-state index in [0.29, 0.717) is 11.6 Å². The SMILES string of the molecule is Cc1cc(C)cc(N2C[C@@H](C(=O)OCc3ccccc3Cl)CC2=O)c1. The smallest absolute Gasteiger partial charge is 0.311 e. The maximum Gasteiger partial charge on any atom is 0.311 e. The minimum Gasteiger partial charge on any atom is -0.460 e. The molecule has 1 saturated heterocycles. The largest absolute Gasteiger partial charge is 0.460 e. The Bertz CT molecular complexity index is 798. The van der Waals surface area contributed by atoms with Crippen LogP contribution in [0.25, 0.3) is 0 Å². The van der Waals surface area contributed by atoms with Crippen LogP contribution < -0.4 is 4.90 Å². The van der Waals surface area contributed by atoms with Crippen LogP contribution in [0, 0.1) is 19.8 Å². The first-order valence-corrected chi connectivity index (χ1v) is 8.60. The molecule has 0 aromatic heterocycles. The minimum absolute atomic E-state index is 0.0512. The number of anilines is 1. The lowest BCUT2D eigenvalue weighted by atomic mass is 10.1. The lowest BCUT2D eigenvalue weighted by molar-refractivity contribution is -0.149. The second-order valence-electron chi connectivity index (χ2n) is 6.45. The third-order valence-electron chi connectivity index (χ3n) is 4.30. The Labute approximate surface area is 152 Å². The summed E-state index contributed by atoms with van der Waals surface area (Å²) < 4.78 is 5.37. The molecule has 1 aliphatic heterocycles. The molecule has 2 aromatic rings. The van der Waals surface area contributed by atoms with E-state index in [9.17, 15) is 9.59 Å². The van der Waals surface area contributed by atoms with Crippen LogP contribution in [0.4, 0.5) is 5.69 Å². The summed E-state index contributed by atoms with van der Waals surface area (Å²) >= 11 is 6.07. The molecule has 25 heavy (non-hydrogen) atoms. The molecule has 5 heteroatoms. The Kier molecular flexibility index (Phi) is 5.09. The third-order valence-corrected chi connectivity index (χ3v) is 4.67. The van der Waals surface area contributed by atoms with Gasteiger partial charge < -0.3 is 9.64 Å². The molecule has 1 heterocycles. The maximum absolute atomic E-state index is 12.3. The predicted octanol–water partition coefficient (Wildman–Crippen LogP) is 4.05. The number of hydrogen-bond acceptors (Lipinski definition) is 3. The van der Waals surface area contributed by atoms with Crippen LogP contribution >= 0.6 is 11.6 Å². The second kappa shape index (κ2) is 7.28. The summed E-state index contributed by atoms with van der Waals surface area (Å²) in [6.45, 7) is 4.45. The first-order chi connectivity index (χ1) is 11.9. The van der Waals surface area contributed by atoms with E-state index in [4.69, 9.17) is 16.3 Å². The van der Waals surface area contributed by atoms with E-state index in [2.05, 4.69) is 6.07 Å². The maximum atomic E-state index is 12.3. The Hall–Kier alpha value is -2.33. The molecular weight excluding hydrogens is 338 g/mol. The predicted molar refractivity (Wildman–Crippen MR) is 97.6 cm³/mol. The molecule has 2 aromatic carbocycles. The van der Waals surface area contributed by atoms with Crippen molar-refractivity contribution >= 4 is 29.2 Å². The summed E-state index contributed by atoms with van der Waals surface area (Å²) in [6, 6.07) is 13.2. The molecule has 1 fully saturated rings. The highest BCUT2D eigenvalue weighted by atomic mass is 35.5. The zero-order valence-electron chi connectivity index (χ0n) is 14.3. The number of benzene rings is 2. The van der Waals surface area contributed by atoms with Gasteiger partial charge in [0.05, 0.1) is 5.92 Å². The van der Waals surface area contributed by atoms with Crippen molar-refractivity contribution in [2.24, 2.45) is 5.92 Å². The number of halogens is 1. The Morgan fingerprint density at radius 2 is 1.88 bits per heavy atom. The van der Waals surface area contributed by atoms with E-state index in [1.807, 2.05) is 44.2 Å². The number of ether oxygens (including phenoxy) is 1. The average molecular weight is 358 g/mol. The van der Waals surface area contributed by atoms with Crippen molar-refractivity contribution in [3.63, 3.8) is 0 Å². The lowest BCUT2D eigenvalue weighted by Crippen LogP contribution is -2.26. The molecule has 4 nitrogen and oxygen atoms in total. The van der Waals surface area contributed by atoms with E-state index in [1.165, 1.54) is 0 Å². The molecule has 0 unspecified atom stereocenters. The highest BCUT2D eigenvalue weighted by Gasteiger charge is 2.36. The molecule has 1 atom stereocenters. The fourth-order valence-electron chi connectivity index (χ4n) is 3.10. The van der Waals surface area contributed by atoms with E-state index >= 15 is 0 Å². The molecule has 1 amide bonds. The zero-order valence-corrected chi connectivity index (χ0v) is 15.0. The molecule has 0 spiro atoms. The molecule has 0 N–H and O–H groups in total. The number of aryl methyl sites for hydroxylation is 2. The number of esters is 1. The van der Waals surface area contributed by atoms with Gasteiger partial charge >= 0.3 is 5.97 Å². The van der Waals surface area contributed by atoms with E-state index in [0.717, 1.165) is 22.4 Å². The van der Waals surface area contributed by atoms with E-state index < -0.39 is 5.92 Å². The number of carbonyl (C=O) groups is 2. The van der Waals surface area contributed by atoms with Gasteiger partial charge in [-0.2, -0.15) is 0 Å². The summed E-state index contributed by atoms with van der Waals surface area (Å²) in [6.07, 6.45) is 0.175. The highest BCUT2D eigenvalue weighted by Crippen LogP contribution is 2.28. The van der Waals surface area contributed by atoms with Gasteiger partial charge in [0.25, 0.3) is 0 Å². The average Bonchev–Trinajstić information content (AvgIpc) is 2.95. The molecule has 0 saturated carbocycles. The van der Waals surface area contributed by atoms with Crippen LogP contribution in [0.3, 0.4) is 0 Å². The van der Waals surface area contributed by atoms with Crippen molar-refractivity contribution in [2.45, 2.75) is 26.9 Å². The first kappa shape index (κ1) is 17.5. The van der Waals surface area contributed by atoms with Gasteiger partial charge in [-0.1, -0.05) is 35.9 Å². The van der Waals surface area contributed by atoms with Crippen molar-refractivity contribution < 1.29 is 14.3 Å². The van der Waals surface area contributed by atoms with Crippen molar-refractivity contribution in [3.8, 4) is 0 Å². The minimum atomic E-state index is -0.448. The van der Waals surface area contributed by atoms with Crippen molar-refractivity contribution in [1.29, 1.82) is 0 Å². The van der Waals surface area contributed by atoms with Crippen molar-refractivity contribution in [2.75, 3.05) is 11.4 Å². The van der Waals surface area contributed by atoms with E-state index in [1.54, 1.807) is 11.0 Å². The Morgan fingerprint density at radius 3 is 2.56 bits per heavy atom. The van der Waals surface area contributed by atoms with Gasteiger partial charge in [-0.15, -0.1) is 0 Å². The lowest BCUT2D eigenvalue weighted by Gasteiger charge is -2.18. The van der Waals surface area contributed by atoms with Crippen LogP contribution in [-0.4, -0.2) is 18.4 Å². The number of rotatable bonds is 4. The molecule has 130 valence electrons. The normalized spacial score (nSPS) is 17.0. The van der Waals surface area contributed by atoms with Gasteiger partial charge in [0.1, 0.15) is 6.61 Å². The van der Waals surface area contributed by atoms with Crippen molar-refractivity contribution in [3.05, 3.63) is 64.2 Å². The van der Waals surface area contributed by atoms with Crippen LogP contribution in [0.1, 0.15) is 23.1 Å². The van der Waals surface area contributed by atoms with Crippen LogP contribution in [0.5, 0.6) is 0 Å². The number of nitrogens with zero attached hydrogens (tertiary/aromatic N) is 1. The molecular formula is C20H20ClNO3. The quantitative estimate of drug-likeness (QED) is 0.775. The second-order valence-corrected chi connectivity index (χ2v) is 6.86. The van der Waals surface area contributed by atoms with Gasteiger partial charge in [-0.05, 0) is 43.2 Å². The van der Waals surface area contributed by atoms with Crippen molar-refractivity contribution in [1.82, 2.24) is 0 Å². The van der Waals surface area contributed by atoms with Gasteiger partial charge in [0.2, 0.25) is 5.91 Å². The fraction of sp³-hybridized carbons (Fsp3) is 0.300. The van der Waals surface area contributed by atoms with Gasteiger partial charge in [0.15, 0.2) is 0 Å². The Balaban J connectivity index is 1.65.